The molecule has 1 fully saturated rings. The van der Waals surface area contributed by atoms with Crippen LogP contribution >= 0.6 is 15.9 Å². The zero-order valence-electron chi connectivity index (χ0n) is 10.1. The molecule has 1 aliphatic carbocycles. The van der Waals surface area contributed by atoms with Gasteiger partial charge in [-0.2, -0.15) is 0 Å². The van der Waals surface area contributed by atoms with Crippen LogP contribution in [0, 0.1) is 5.92 Å². The number of carbonyl (C=O) groups is 1. The van der Waals surface area contributed by atoms with Crippen LogP contribution in [0.1, 0.15) is 23.4 Å². The number of fused-ring (bicyclic) bond motifs is 1. The predicted molar refractivity (Wildman–Crippen MR) is 73.6 cm³/mol. The minimum atomic E-state index is -0.0331. The van der Waals surface area contributed by atoms with Crippen molar-refractivity contribution in [1.29, 1.82) is 0 Å². The molecule has 4 heteroatoms. The van der Waals surface area contributed by atoms with Crippen LogP contribution < -0.4 is 0 Å². The molecule has 2 aromatic rings. The highest BCUT2D eigenvalue weighted by Gasteiger charge is 2.26. The van der Waals surface area contributed by atoms with Gasteiger partial charge in [0, 0.05) is 23.5 Å². The number of halogens is 1. The van der Waals surface area contributed by atoms with Crippen molar-refractivity contribution in [2.75, 3.05) is 13.6 Å². The van der Waals surface area contributed by atoms with Crippen LogP contribution in [0.15, 0.2) is 33.2 Å². The zero-order valence-corrected chi connectivity index (χ0v) is 11.7. The molecule has 1 aromatic heterocycles. The molecule has 1 aromatic carbocycles. The Morgan fingerprint density at radius 1 is 1.44 bits per heavy atom. The van der Waals surface area contributed by atoms with E-state index in [-0.39, 0.29) is 5.91 Å². The first-order valence-corrected chi connectivity index (χ1v) is 6.87. The van der Waals surface area contributed by atoms with Crippen LogP contribution in [0.2, 0.25) is 0 Å². The lowest BCUT2D eigenvalue weighted by molar-refractivity contribution is 0.0759. The Labute approximate surface area is 114 Å². The Kier molecular flexibility index (Phi) is 2.90. The minimum absolute atomic E-state index is 0.0331. The summed E-state index contributed by atoms with van der Waals surface area (Å²) in [6.07, 6.45) is 2.48. The van der Waals surface area contributed by atoms with Gasteiger partial charge in [0.1, 0.15) is 5.58 Å². The van der Waals surface area contributed by atoms with Gasteiger partial charge in [0.2, 0.25) is 0 Å². The van der Waals surface area contributed by atoms with Crippen molar-refractivity contribution in [3.63, 3.8) is 0 Å². The van der Waals surface area contributed by atoms with E-state index in [1.165, 1.54) is 12.8 Å². The van der Waals surface area contributed by atoms with Gasteiger partial charge in [-0.05, 0) is 43.0 Å². The number of hydrogen-bond donors (Lipinski definition) is 0. The van der Waals surface area contributed by atoms with E-state index in [0.717, 1.165) is 22.0 Å². The average molecular weight is 308 g/mol. The van der Waals surface area contributed by atoms with Gasteiger partial charge in [0.05, 0.1) is 0 Å². The second kappa shape index (κ2) is 4.43. The summed E-state index contributed by atoms with van der Waals surface area (Å²) >= 11 is 3.41. The first-order chi connectivity index (χ1) is 8.63. The largest absolute Gasteiger partial charge is 0.451 e. The molecule has 0 bridgehead atoms. The van der Waals surface area contributed by atoms with Crippen molar-refractivity contribution in [1.82, 2.24) is 4.90 Å². The summed E-state index contributed by atoms with van der Waals surface area (Å²) < 4.78 is 6.58. The monoisotopic (exact) mass is 307 g/mol. The number of amides is 1. The Morgan fingerprint density at radius 3 is 2.94 bits per heavy atom. The maximum atomic E-state index is 12.2. The fourth-order valence-electron chi connectivity index (χ4n) is 2.08. The highest BCUT2D eigenvalue weighted by Crippen LogP contribution is 2.30. The second-order valence-electron chi connectivity index (χ2n) is 4.92. The highest BCUT2D eigenvalue weighted by molar-refractivity contribution is 9.10. The molecule has 1 aliphatic rings. The van der Waals surface area contributed by atoms with Gasteiger partial charge < -0.3 is 9.32 Å². The topological polar surface area (TPSA) is 33.5 Å². The summed E-state index contributed by atoms with van der Waals surface area (Å²) in [6.45, 7) is 0.833. The van der Waals surface area contributed by atoms with Crippen molar-refractivity contribution in [3.8, 4) is 0 Å². The van der Waals surface area contributed by atoms with E-state index in [1.54, 1.807) is 4.90 Å². The van der Waals surface area contributed by atoms with Crippen LogP contribution in [0.4, 0.5) is 0 Å². The maximum Gasteiger partial charge on any atom is 0.289 e. The van der Waals surface area contributed by atoms with Gasteiger partial charge in [-0.15, -0.1) is 0 Å². The standard InChI is InChI=1S/C14H14BrNO2/c1-16(8-9-2-3-9)14(17)13-7-10-6-11(15)4-5-12(10)18-13/h4-7,9H,2-3,8H2,1H3. The van der Waals surface area contributed by atoms with Crippen LogP contribution in [-0.2, 0) is 0 Å². The number of nitrogens with zero attached hydrogens (tertiary/aromatic N) is 1. The van der Waals surface area contributed by atoms with E-state index in [2.05, 4.69) is 15.9 Å². The quantitative estimate of drug-likeness (QED) is 0.866. The molecule has 1 amide bonds. The summed E-state index contributed by atoms with van der Waals surface area (Å²) in [5.74, 6) is 1.08. The molecular formula is C14H14BrNO2. The lowest BCUT2D eigenvalue weighted by atomic mass is 10.2. The fourth-order valence-corrected chi connectivity index (χ4v) is 2.46. The predicted octanol–water partition coefficient (Wildman–Crippen LogP) is 3.68. The first kappa shape index (κ1) is 11.8. The normalized spacial score (nSPS) is 15.0. The van der Waals surface area contributed by atoms with Gasteiger partial charge in [-0.3, -0.25) is 4.79 Å². The molecule has 3 nitrogen and oxygen atoms in total. The van der Waals surface area contributed by atoms with E-state index < -0.39 is 0 Å². The molecule has 1 saturated carbocycles. The summed E-state index contributed by atoms with van der Waals surface area (Å²) in [7, 11) is 1.84. The molecule has 0 radical (unpaired) electrons. The highest BCUT2D eigenvalue weighted by atomic mass is 79.9. The fraction of sp³-hybridized carbons (Fsp3) is 0.357. The van der Waals surface area contributed by atoms with Gasteiger partial charge >= 0.3 is 0 Å². The maximum absolute atomic E-state index is 12.2. The van der Waals surface area contributed by atoms with E-state index in [0.29, 0.717) is 11.7 Å². The van der Waals surface area contributed by atoms with Crippen molar-refractivity contribution in [2.24, 2.45) is 5.92 Å². The third-order valence-corrected chi connectivity index (χ3v) is 3.76. The molecule has 0 saturated heterocycles. The average Bonchev–Trinajstić information content (AvgIpc) is 3.05. The zero-order chi connectivity index (χ0) is 12.7. The van der Waals surface area contributed by atoms with Crippen molar-refractivity contribution >= 4 is 32.8 Å². The Hall–Kier alpha value is -1.29. The molecule has 18 heavy (non-hydrogen) atoms. The number of carbonyl (C=O) groups excluding carboxylic acids is 1. The van der Waals surface area contributed by atoms with E-state index in [4.69, 9.17) is 4.42 Å². The second-order valence-corrected chi connectivity index (χ2v) is 5.84. The Bertz CT molecular complexity index is 601. The first-order valence-electron chi connectivity index (χ1n) is 6.08. The van der Waals surface area contributed by atoms with Gasteiger partial charge in [-0.1, -0.05) is 15.9 Å². The summed E-state index contributed by atoms with van der Waals surface area (Å²) in [6, 6.07) is 7.55. The number of benzene rings is 1. The lowest BCUT2D eigenvalue weighted by Crippen LogP contribution is -2.28. The molecule has 3 rings (SSSR count). The third-order valence-electron chi connectivity index (χ3n) is 3.26. The number of furan rings is 1. The molecule has 1 heterocycles. The summed E-state index contributed by atoms with van der Waals surface area (Å²) in [4.78, 5) is 13.9. The van der Waals surface area contributed by atoms with Crippen molar-refractivity contribution < 1.29 is 9.21 Å². The number of hydrogen-bond acceptors (Lipinski definition) is 2. The van der Waals surface area contributed by atoms with E-state index in [1.807, 2.05) is 31.3 Å². The lowest BCUT2D eigenvalue weighted by Gasteiger charge is -2.14. The molecule has 0 spiro atoms. The van der Waals surface area contributed by atoms with Gasteiger partial charge in [0.15, 0.2) is 5.76 Å². The molecule has 0 unspecified atom stereocenters. The van der Waals surface area contributed by atoms with Gasteiger partial charge in [-0.25, -0.2) is 0 Å². The summed E-state index contributed by atoms with van der Waals surface area (Å²) in [5, 5.41) is 0.951. The van der Waals surface area contributed by atoms with Crippen LogP contribution in [0.5, 0.6) is 0 Å². The molecule has 94 valence electrons. The van der Waals surface area contributed by atoms with Crippen molar-refractivity contribution in [2.45, 2.75) is 12.8 Å². The smallest absolute Gasteiger partial charge is 0.289 e. The third kappa shape index (κ3) is 2.29. The van der Waals surface area contributed by atoms with Crippen LogP contribution in [0.3, 0.4) is 0 Å². The number of rotatable bonds is 3. The molecular weight excluding hydrogens is 294 g/mol. The minimum Gasteiger partial charge on any atom is -0.451 e. The van der Waals surface area contributed by atoms with Crippen LogP contribution in [0.25, 0.3) is 11.0 Å². The van der Waals surface area contributed by atoms with E-state index >= 15 is 0 Å². The summed E-state index contributed by atoms with van der Waals surface area (Å²) in [5.41, 5.74) is 0.751. The van der Waals surface area contributed by atoms with Gasteiger partial charge in [0.25, 0.3) is 5.91 Å². The van der Waals surface area contributed by atoms with Crippen molar-refractivity contribution in [3.05, 3.63) is 34.5 Å². The Balaban J connectivity index is 1.86. The van der Waals surface area contributed by atoms with Crippen LogP contribution in [-0.4, -0.2) is 24.4 Å². The SMILES string of the molecule is CN(CC1CC1)C(=O)c1cc2cc(Br)ccc2o1. The molecule has 0 aliphatic heterocycles. The molecule has 0 N–H and O–H groups in total. The molecule has 0 atom stereocenters. The van der Waals surface area contributed by atoms with E-state index in [9.17, 15) is 4.79 Å². The Morgan fingerprint density at radius 2 is 2.22 bits per heavy atom.